The molecule has 82 valence electrons. The standard InChI is InChI=1S/C9H9F2NO3/c10-3-7(12)5-1-4(9(14)15)2-6(11)8(5)13/h1-2,7,13H,3,12H2,(H,14,15)/t7-/m1/s1. The van der Waals surface area contributed by atoms with Crippen molar-refractivity contribution in [1.29, 1.82) is 0 Å². The number of halogens is 2. The quantitative estimate of drug-likeness (QED) is 0.710. The summed E-state index contributed by atoms with van der Waals surface area (Å²) in [6.45, 7) is -1.02. The van der Waals surface area contributed by atoms with Crippen LogP contribution < -0.4 is 5.73 Å². The molecule has 0 heterocycles. The number of carbonyl (C=O) groups is 1. The first-order chi connectivity index (χ1) is 6.97. The number of nitrogens with two attached hydrogens (primary N) is 1. The van der Waals surface area contributed by atoms with Gasteiger partial charge in [0.25, 0.3) is 0 Å². The number of carboxylic acid groups (broad SMARTS) is 1. The van der Waals surface area contributed by atoms with Crippen LogP contribution in [0.4, 0.5) is 8.78 Å². The summed E-state index contributed by atoms with van der Waals surface area (Å²) >= 11 is 0. The van der Waals surface area contributed by atoms with E-state index in [2.05, 4.69) is 0 Å². The summed E-state index contributed by atoms with van der Waals surface area (Å²) in [7, 11) is 0. The molecule has 1 rings (SSSR count). The number of aromatic carboxylic acids is 1. The lowest BCUT2D eigenvalue weighted by Crippen LogP contribution is -2.14. The van der Waals surface area contributed by atoms with Gasteiger partial charge in [-0.05, 0) is 12.1 Å². The number of phenols is 1. The SMILES string of the molecule is N[C@H](CF)c1cc(C(=O)O)cc(F)c1O. The maximum Gasteiger partial charge on any atom is 0.335 e. The van der Waals surface area contributed by atoms with E-state index in [4.69, 9.17) is 10.8 Å². The molecule has 0 unspecified atom stereocenters. The van der Waals surface area contributed by atoms with Gasteiger partial charge in [0.2, 0.25) is 0 Å². The summed E-state index contributed by atoms with van der Waals surface area (Å²) in [6, 6.07) is 0.357. The zero-order valence-corrected chi connectivity index (χ0v) is 7.58. The molecule has 0 aliphatic carbocycles. The van der Waals surface area contributed by atoms with Crippen LogP contribution in [0.2, 0.25) is 0 Å². The van der Waals surface area contributed by atoms with Crippen LogP contribution in [0.15, 0.2) is 12.1 Å². The lowest BCUT2D eigenvalue weighted by atomic mass is 10.0. The predicted octanol–water partition coefficient (Wildman–Crippen LogP) is 1.20. The molecule has 6 heteroatoms. The Morgan fingerprint density at radius 3 is 2.60 bits per heavy atom. The van der Waals surface area contributed by atoms with Crippen LogP contribution in [0.5, 0.6) is 5.75 Å². The van der Waals surface area contributed by atoms with Crippen LogP contribution >= 0.6 is 0 Å². The number of aromatic hydroxyl groups is 1. The zero-order chi connectivity index (χ0) is 11.6. The highest BCUT2D eigenvalue weighted by Gasteiger charge is 2.18. The Hall–Kier alpha value is -1.69. The molecule has 1 aromatic rings. The van der Waals surface area contributed by atoms with Gasteiger partial charge in [-0.15, -0.1) is 0 Å². The summed E-state index contributed by atoms with van der Waals surface area (Å²) in [5, 5.41) is 17.8. The highest BCUT2D eigenvalue weighted by atomic mass is 19.1. The van der Waals surface area contributed by atoms with Crippen molar-refractivity contribution in [1.82, 2.24) is 0 Å². The van der Waals surface area contributed by atoms with E-state index in [-0.39, 0.29) is 11.1 Å². The van der Waals surface area contributed by atoms with E-state index in [9.17, 15) is 18.7 Å². The van der Waals surface area contributed by atoms with Crippen molar-refractivity contribution in [2.75, 3.05) is 6.67 Å². The van der Waals surface area contributed by atoms with E-state index in [1.165, 1.54) is 0 Å². The second-order valence-corrected chi connectivity index (χ2v) is 2.96. The molecule has 4 N–H and O–H groups in total. The molecule has 0 saturated carbocycles. The molecule has 1 aromatic carbocycles. The van der Waals surface area contributed by atoms with Gasteiger partial charge in [0, 0.05) is 5.56 Å². The second kappa shape index (κ2) is 4.22. The summed E-state index contributed by atoms with van der Waals surface area (Å²) in [4.78, 5) is 10.5. The van der Waals surface area contributed by atoms with Crippen molar-refractivity contribution in [3.63, 3.8) is 0 Å². The van der Waals surface area contributed by atoms with Crippen LogP contribution in [0, 0.1) is 5.82 Å². The normalized spacial score (nSPS) is 12.5. The third-order valence-corrected chi connectivity index (χ3v) is 1.91. The Morgan fingerprint density at radius 2 is 2.13 bits per heavy atom. The molecule has 1 atom stereocenters. The lowest BCUT2D eigenvalue weighted by Gasteiger charge is -2.11. The Labute approximate surface area is 83.9 Å². The van der Waals surface area contributed by atoms with E-state index in [0.717, 1.165) is 6.07 Å². The monoisotopic (exact) mass is 217 g/mol. The average Bonchev–Trinajstić information content (AvgIpc) is 2.20. The zero-order valence-electron chi connectivity index (χ0n) is 7.58. The number of carboxylic acids is 1. The number of rotatable bonds is 3. The first kappa shape index (κ1) is 11.4. The Morgan fingerprint density at radius 1 is 1.53 bits per heavy atom. The highest BCUT2D eigenvalue weighted by Crippen LogP contribution is 2.27. The van der Waals surface area contributed by atoms with E-state index in [1.54, 1.807) is 0 Å². The summed E-state index contributed by atoms with van der Waals surface area (Å²) in [5.74, 6) is -3.32. The van der Waals surface area contributed by atoms with Crippen LogP contribution in [0.25, 0.3) is 0 Å². The van der Waals surface area contributed by atoms with E-state index < -0.39 is 30.3 Å². The lowest BCUT2D eigenvalue weighted by molar-refractivity contribution is 0.0696. The van der Waals surface area contributed by atoms with Crippen LogP contribution in [-0.2, 0) is 0 Å². The summed E-state index contributed by atoms with van der Waals surface area (Å²) < 4.78 is 25.2. The van der Waals surface area contributed by atoms with Gasteiger partial charge >= 0.3 is 5.97 Å². The van der Waals surface area contributed by atoms with Gasteiger partial charge in [-0.25, -0.2) is 13.6 Å². The number of hydrogen-bond acceptors (Lipinski definition) is 3. The van der Waals surface area contributed by atoms with E-state index in [1.807, 2.05) is 0 Å². The van der Waals surface area contributed by atoms with Gasteiger partial charge in [-0.1, -0.05) is 0 Å². The molecule has 0 aliphatic rings. The van der Waals surface area contributed by atoms with Crippen LogP contribution in [0.1, 0.15) is 22.0 Å². The van der Waals surface area contributed by atoms with Crippen LogP contribution in [0.3, 0.4) is 0 Å². The Kier molecular flexibility index (Phi) is 3.21. The first-order valence-electron chi connectivity index (χ1n) is 4.04. The molecule has 0 radical (unpaired) electrons. The van der Waals surface area contributed by atoms with E-state index in [0.29, 0.717) is 6.07 Å². The minimum Gasteiger partial charge on any atom is -0.505 e. The van der Waals surface area contributed by atoms with Crippen molar-refractivity contribution in [3.8, 4) is 5.75 Å². The minimum absolute atomic E-state index is 0.255. The first-order valence-corrected chi connectivity index (χ1v) is 4.04. The molecule has 0 fully saturated rings. The van der Waals surface area contributed by atoms with Gasteiger partial charge in [0.05, 0.1) is 11.6 Å². The van der Waals surface area contributed by atoms with Crippen molar-refractivity contribution >= 4 is 5.97 Å². The summed E-state index contributed by atoms with van der Waals surface area (Å²) in [5.41, 5.74) is 4.60. The van der Waals surface area contributed by atoms with Crippen molar-refractivity contribution in [2.24, 2.45) is 5.73 Å². The summed E-state index contributed by atoms with van der Waals surface area (Å²) in [6.07, 6.45) is 0. The maximum atomic E-state index is 13.0. The van der Waals surface area contributed by atoms with Gasteiger partial charge in [0.15, 0.2) is 11.6 Å². The molecule has 0 amide bonds. The molecule has 0 bridgehead atoms. The molecular formula is C9H9F2NO3. The fourth-order valence-electron chi connectivity index (χ4n) is 1.11. The highest BCUT2D eigenvalue weighted by molar-refractivity contribution is 5.88. The van der Waals surface area contributed by atoms with Gasteiger partial charge in [-0.3, -0.25) is 0 Å². The van der Waals surface area contributed by atoms with E-state index >= 15 is 0 Å². The van der Waals surface area contributed by atoms with Gasteiger partial charge in [-0.2, -0.15) is 0 Å². The fraction of sp³-hybridized carbons (Fsp3) is 0.222. The topological polar surface area (TPSA) is 83.6 Å². The predicted molar refractivity (Wildman–Crippen MR) is 47.9 cm³/mol. The number of alkyl halides is 1. The molecule has 4 nitrogen and oxygen atoms in total. The fourth-order valence-corrected chi connectivity index (χ4v) is 1.11. The maximum absolute atomic E-state index is 13.0. The second-order valence-electron chi connectivity index (χ2n) is 2.96. The van der Waals surface area contributed by atoms with Crippen molar-refractivity contribution < 1.29 is 23.8 Å². The smallest absolute Gasteiger partial charge is 0.335 e. The van der Waals surface area contributed by atoms with Crippen LogP contribution in [-0.4, -0.2) is 22.9 Å². The van der Waals surface area contributed by atoms with Gasteiger partial charge in [0.1, 0.15) is 6.67 Å². The Balaban J connectivity index is 3.31. The van der Waals surface area contributed by atoms with Gasteiger partial charge < -0.3 is 15.9 Å². The van der Waals surface area contributed by atoms with Crippen molar-refractivity contribution in [3.05, 3.63) is 29.1 Å². The van der Waals surface area contributed by atoms with Crippen molar-refractivity contribution in [2.45, 2.75) is 6.04 Å². The molecule has 0 spiro atoms. The molecule has 0 aromatic heterocycles. The largest absolute Gasteiger partial charge is 0.505 e. The Bertz CT molecular complexity index is 395. The third kappa shape index (κ3) is 2.21. The molecule has 0 aliphatic heterocycles. The number of phenolic OH excluding ortho intramolecular Hbond substituents is 1. The third-order valence-electron chi connectivity index (χ3n) is 1.91. The minimum atomic E-state index is -1.37. The molecular weight excluding hydrogens is 208 g/mol. The number of benzene rings is 1. The molecule has 0 saturated heterocycles. The molecule has 15 heavy (non-hydrogen) atoms. The number of hydrogen-bond donors (Lipinski definition) is 3. The average molecular weight is 217 g/mol.